The first kappa shape index (κ1) is 14.6. The third-order valence-corrected chi connectivity index (χ3v) is 4.53. The van der Waals surface area contributed by atoms with E-state index in [4.69, 9.17) is 9.84 Å². The van der Waals surface area contributed by atoms with Crippen molar-refractivity contribution in [1.82, 2.24) is 0 Å². The minimum Gasteiger partial charge on any atom is -0.491 e. The van der Waals surface area contributed by atoms with Gasteiger partial charge < -0.3 is 9.84 Å². The fraction of sp³-hybridized carbons (Fsp3) is 0.154. The van der Waals surface area contributed by atoms with Crippen molar-refractivity contribution < 1.29 is 14.6 Å². The van der Waals surface area contributed by atoms with E-state index < -0.39 is 5.97 Å². The van der Waals surface area contributed by atoms with E-state index in [1.165, 1.54) is 17.0 Å². The van der Waals surface area contributed by atoms with Gasteiger partial charge >= 0.3 is 5.97 Å². The Morgan fingerprint density at radius 3 is 2.53 bits per heavy atom. The van der Waals surface area contributed by atoms with Gasteiger partial charge in [0.05, 0.1) is 21.1 Å². The molecule has 2 aromatic rings. The lowest BCUT2D eigenvalue weighted by Gasteiger charge is -2.10. The molecule has 100 valence electrons. The molecular weight excluding hydrogens is 396 g/mol. The van der Waals surface area contributed by atoms with Crippen LogP contribution >= 0.6 is 43.2 Å². The molecule has 6 heteroatoms. The largest absolute Gasteiger partial charge is 0.491 e. The zero-order valence-corrected chi connectivity index (χ0v) is 13.7. The second-order valence-electron chi connectivity index (χ2n) is 3.75. The van der Waals surface area contributed by atoms with Gasteiger partial charge in [0.25, 0.3) is 0 Å². The van der Waals surface area contributed by atoms with E-state index in [0.717, 1.165) is 6.42 Å². The van der Waals surface area contributed by atoms with Crippen LogP contribution in [0.25, 0.3) is 0 Å². The van der Waals surface area contributed by atoms with E-state index in [-0.39, 0.29) is 5.56 Å². The first-order valence-electron chi connectivity index (χ1n) is 5.45. The van der Waals surface area contributed by atoms with Crippen LogP contribution in [0.5, 0.6) is 5.75 Å². The van der Waals surface area contributed by atoms with Crippen LogP contribution in [0.15, 0.2) is 38.6 Å². The number of rotatable bonds is 5. The average Bonchev–Trinajstić information content (AvgIpc) is 2.85. The van der Waals surface area contributed by atoms with Crippen LogP contribution in [0.2, 0.25) is 0 Å². The summed E-state index contributed by atoms with van der Waals surface area (Å²) in [5, 5.41) is 11.0. The van der Waals surface area contributed by atoms with Crippen molar-refractivity contribution in [2.24, 2.45) is 0 Å². The van der Waals surface area contributed by atoms with Crippen molar-refractivity contribution in [3.05, 3.63) is 49.0 Å². The zero-order chi connectivity index (χ0) is 13.8. The number of hydrogen-bond donors (Lipinski definition) is 1. The molecule has 0 aliphatic rings. The Bertz CT molecular complexity index is 559. The lowest BCUT2D eigenvalue weighted by molar-refractivity contribution is 0.0696. The summed E-state index contributed by atoms with van der Waals surface area (Å²) in [6.45, 7) is 0.546. The molecule has 0 unspecified atom stereocenters. The molecule has 0 atom stereocenters. The summed E-state index contributed by atoms with van der Waals surface area (Å²) >= 11 is 8.35. The second-order valence-corrected chi connectivity index (χ2v) is 6.49. The summed E-state index contributed by atoms with van der Waals surface area (Å²) in [5.74, 6) is -0.340. The molecule has 0 fully saturated rings. The molecule has 1 heterocycles. The Morgan fingerprint density at radius 1 is 1.32 bits per heavy atom. The maximum atomic E-state index is 10.9. The van der Waals surface area contributed by atoms with Gasteiger partial charge in [0.2, 0.25) is 0 Å². The topological polar surface area (TPSA) is 46.5 Å². The number of halogens is 2. The Hall–Kier alpha value is -0.850. The zero-order valence-electron chi connectivity index (χ0n) is 9.73. The fourth-order valence-corrected chi connectivity index (χ4v) is 3.64. The normalized spacial score (nSPS) is 10.4. The molecule has 2 rings (SSSR count). The minimum atomic E-state index is -0.966. The Morgan fingerprint density at radius 2 is 2.00 bits per heavy atom. The van der Waals surface area contributed by atoms with Crippen molar-refractivity contribution >= 4 is 49.2 Å². The number of carbonyl (C=O) groups is 1. The van der Waals surface area contributed by atoms with Crippen LogP contribution in [0.3, 0.4) is 0 Å². The number of carboxylic acid groups (broad SMARTS) is 1. The van der Waals surface area contributed by atoms with Crippen molar-refractivity contribution in [3.63, 3.8) is 0 Å². The lowest BCUT2D eigenvalue weighted by Crippen LogP contribution is -2.03. The molecule has 0 aliphatic carbocycles. The Labute approximate surface area is 131 Å². The van der Waals surface area contributed by atoms with Gasteiger partial charge in [-0.1, -0.05) is 6.07 Å². The molecule has 0 saturated carbocycles. The maximum Gasteiger partial charge on any atom is 0.335 e. The number of hydrogen-bond acceptors (Lipinski definition) is 3. The predicted octanol–water partition coefficient (Wildman–Crippen LogP) is 4.59. The standard InChI is InChI=1S/C13H10Br2O3S/c14-10-6-8(13(16)17)7-11(15)12(10)18-4-3-9-2-1-5-19-9/h1-2,5-7H,3-4H2,(H,16,17). The summed E-state index contributed by atoms with van der Waals surface area (Å²) in [5.41, 5.74) is 0.212. The lowest BCUT2D eigenvalue weighted by atomic mass is 10.2. The summed E-state index contributed by atoms with van der Waals surface area (Å²) in [6, 6.07) is 7.14. The summed E-state index contributed by atoms with van der Waals surface area (Å²) in [6.07, 6.45) is 0.831. The van der Waals surface area contributed by atoms with E-state index in [1.807, 2.05) is 11.4 Å². The third-order valence-electron chi connectivity index (χ3n) is 2.42. The molecular formula is C13H10Br2O3S. The van der Waals surface area contributed by atoms with Gasteiger partial charge in [-0.05, 0) is 55.4 Å². The van der Waals surface area contributed by atoms with Crippen LogP contribution in [0.1, 0.15) is 15.2 Å². The first-order chi connectivity index (χ1) is 9.08. The van der Waals surface area contributed by atoms with Gasteiger partial charge in [-0.15, -0.1) is 11.3 Å². The maximum absolute atomic E-state index is 10.9. The minimum absolute atomic E-state index is 0.212. The number of benzene rings is 1. The van der Waals surface area contributed by atoms with Gasteiger partial charge in [-0.3, -0.25) is 0 Å². The van der Waals surface area contributed by atoms with E-state index in [9.17, 15) is 4.79 Å². The van der Waals surface area contributed by atoms with E-state index in [0.29, 0.717) is 21.3 Å². The summed E-state index contributed by atoms with van der Waals surface area (Å²) in [7, 11) is 0. The quantitative estimate of drug-likeness (QED) is 0.790. The highest BCUT2D eigenvalue weighted by Gasteiger charge is 2.12. The predicted molar refractivity (Wildman–Crippen MR) is 82.3 cm³/mol. The van der Waals surface area contributed by atoms with Crippen molar-refractivity contribution in [2.45, 2.75) is 6.42 Å². The highest BCUT2D eigenvalue weighted by atomic mass is 79.9. The highest BCUT2D eigenvalue weighted by Crippen LogP contribution is 2.35. The monoisotopic (exact) mass is 404 g/mol. The second kappa shape index (κ2) is 6.54. The first-order valence-corrected chi connectivity index (χ1v) is 7.92. The summed E-state index contributed by atoms with van der Waals surface area (Å²) in [4.78, 5) is 12.2. The molecule has 3 nitrogen and oxygen atoms in total. The van der Waals surface area contributed by atoms with Gasteiger partial charge in [0.1, 0.15) is 5.75 Å². The molecule has 0 radical (unpaired) electrons. The Balaban J connectivity index is 2.06. The smallest absolute Gasteiger partial charge is 0.335 e. The van der Waals surface area contributed by atoms with E-state index in [1.54, 1.807) is 11.3 Å². The number of ether oxygens (including phenoxy) is 1. The molecule has 1 aromatic heterocycles. The molecule has 0 saturated heterocycles. The van der Waals surface area contributed by atoms with Crippen LogP contribution in [-0.4, -0.2) is 17.7 Å². The molecule has 1 aromatic carbocycles. The Kier molecular flexibility index (Phi) is 5.01. The number of aromatic carboxylic acids is 1. The van der Waals surface area contributed by atoms with Crippen LogP contribution in [-0.2, 0) is 6.42 Å². The molecule has 1 N–H and O–H groups in total. The number of carboxylic acids is 1. The van der Waals surface area contributed by atoms with Crippen molar-refractivity contribution in [2.75, 3.05) is 6.61 Å². The molecule has 0 bridgehead atoms. The van der Waals surface area contributed by atoms with E-state index >= 15 is 0 Å². The number of thiophene rings is 1. The molecule has 19 heavy (non-hydrogen) atoms. The van der Waals surface area contributed by atoms with Crippen molar-refractivity contribution in [1.29, 1.82) is 0 Å². The fourth-order valence-electron chi connectivity index (χ4n) is 1.53. The van der Waals surface area contributed by atoms with Gasteiger partial charge in [0, 0.05) is 11.3 Å². The average molecular weight is 406 g/mol. The van der Waals surface area contributed by atoms with Crippen LogP contribution < -0.4 is 4.74 Å². The van der Waals surface area contributed by atoms with Gasteiger partial charge in [0.15, 0.2) is 0 Å². The summed E-state index contributed by atoms with van der Waals surface area (Å²) < 4.78 is 6.96. The SMILES string of the molecule is O=C(O)c1cc(Br)c(OCCc2cccs2)c(Br)c1. The van der Waals surface area contributed by atoms with E-state index in [2.05, 4.69) is 37.9 Å². The van der Waals surface area contributed by atoms with Crippen molar-refractivity contribution in [3.8, 4) is 5.75 Å². The highest BCUT2D eigenvalue weighted by molar-refractivity contribution is 9.11. The molecule has 0 spiro atoms. The van der Waals surface area contributed by atoms with Gasteiger partial charge in [-0.2, -0.15) is 0 Å². The molecule has 0 aliphatic heterocycles. The van der Waals surface area contributed by atoms with Crippen LogP contribution in [0, 0.1) is 0 Å². The molecule has 0 amide bonds. The van der Waals surface area contributed by atoms with Crippen LogP contribution in [0.4, 0.5) is 0 Å². The third kappa shape index (κ3) is 3.81. The van der Waals surface area contributed by atoms with Gasteiger partial charge in [-0.25, -0.2) is 4.79 Å².